The lowest BCUT2D eigenvalue weighted by molar-refractivity contribution is 0.177. The summed E-state index contributed by atoms with van der Waals surface area (Å²) in [6, 6.07) is -0.0571. The molecule has 3 N–H and O–H groups in total. The van der Waals surface area contributed by atoms with Crippen LogP contribution in [-0.4, -0.2) is 45.1 Å². The molecule has 1 heterocycles. The minimum absolute atomic E-state index is 0.0571. The van der Waals surface area contributed by atoms with E-state index >= 15 is 0 Å². The second-order valence-corrected chi connectivity index (χ2v) is 5.54. The average molecular weight is 251 g/mol. The second-order valence-electron chi connectivity index (χ2n) is 3.86. The van der Waals surface area contributed by atoms with E-state index in [1.807, 2.05) is 6.92 Å². The summed E-state index contributed by atoms with van der Waals surface area (Å²) in [6.07, 6.45) is -0.274. The molecule has 0 saturated carbocycles. The SMILES string of the molecule is COC(=O)NS(=O)(=O)N1CCC(C(C)N)C1. The van der Waals surface area contributed by atoms with Crippen LogP contribution in [0.2, 0.25) is 0 Å². The van der Waals surface area contributed by atoms with Gasteiger partial charge in [0, 0.05) is 19.1 Å². The fourth-order valence-corrected chi connectivity index (χ4v) is 2.77. The van der Waals surface area contributed by atoms with Crippen LogP contribution in [0.5, 0.6) is 0 Å². The van der Waals surface area contributed by atoms with Gasteiger partial charge >= 0.3 is 16.3 Å². The molecular weight excluding hydrogens is 234 g/mol. The van der Waals surface area contributed by atoms with Gasteiger partial charge in [-0.05, 0) is 19.3 Å². The van der Waals surface area contributed by atoms with Gasteiger partial charge in [0.1, 0.15) is 0 Å². The van der Waals surface area contributed by atoms with E-state index in [1.165, 1.54) is 4.31 Å². The molecule has 0 bridgehead atoms. The van der Waals surface area contributed by atoms with Gasteiger partial charge < -0.3 is 10.5 Å². The molecule has 7 nitrogen and oxygen atoms in total. The van der Waals surface area contributed by atoms with E-state index in [4.69, 9.17) is 5.73 Å². The number of nitrogens with one attached hydrogen (secondary N) is 1. The standard InChI is InChI=1S/C8H17N3O4S/c1-6(9)7-3-4-11(5-7)16(13,14)10-8(12)15-2/h6-7H,3-5,9H2,1-2H3,(H,10,12). The molecule has 0 aromatic heterocycles. The Morgan fingerprint density at radius 3 is 2.69 bits per heavy atom. The van der Waals surface area contributed by atoms with Crippen molar-refractivity contribution in [3.8, 4) is 0 Å². The highest BCUT2D eigenvalue weighted by atomic mass is 32.2. The van der Waals surface area contributed by atoms with Crippen LogP contribution in [0.25, 0.3) is 0 Å². The molecule has 16 heavy (non-hydrogen) atoms. The summed E-state index contributed by atoms with van der Waals surface area (Å²) >= 11 is 0. The zero-order chi connectivity index (χ0) is 12.3. The molecule has 1 rings (SSSR count). The monoisotopic (exact) mass is 251 g/mol. The first-order valence-corrected chi connectivity index (χ1v) is 6.42. The van der Waals surface area contributed by atoms with Gasteiger partial charge in [-0.2, -0.15) is 12.7 Å². The number of methoxy groups -OCH3 is 1. The number of nitrogens with zero attached hydrogens (tertiary/aromatic N) is 1. The van der Waals surface area contributed by atoms with Crippen LogP contribution < -0.4 is 10.5 Å². The van der Waals surface area contributed by atoms with Crippen molar-refractivity contribution >= 4 is 16.3 Å². The fourth-order valence-electron chi connectivity index (χ4n) is 1.61. The second kappa shape index (κ2) is 4.98. The predicted molar refractivity (Wildman–Crippen MR) is 57.8 cm³/mol. The Bertz CT molecular complexity index is 354. The van der Waals surface area contributed by atoms with Crippen molar-refractivity contribution < 1.29 is 17.9 Å². The van der Waals surface area contributed by atoms with Gasteiger partial charge in [0.15, 0.2) is 0 Å². The van der Waals surface area contributed by atoms with Crippen LogP contribution in [0, 0.1) is 5.92 Å². The van der Waals surface area contributed by atoms with Crippen LogP contribution in [0.3, 0.4) is 0 Å². The molecule has 1 fully saturated rings. The normalized spacial score (nSPS) is 24.1. The number of hydrogen-bond acceptors (Lipinski definition) is 5. The first kappa shape index (κ1) is 13.2. The highest BCUT2D eigenvalue weighted by Gasteiger charge is 2.33. The van der Waals surface area contributed by atoms with Crippen molar-refractivity contribution in [2.75, 3.05) is 20.2 Å². The number of amides is 1. The smallest absolute Gasteiger partial charge is 0.421 e. The van der Waals surface area contributed by atoms with E-state index < -0.39 is 16.3 Å². The largest absolute Gasteiger partial charge is 0.452 e. The lowest BCUT2D eigenvalue weighted by atomic mass is 10.0. The molecule has 1 aliphatic heterocycles. The van der Waals surface area contributed by atoms with Gasteiger partial charge in [0.2, 0.25) is 0 Å². The Balaban J connectivity index is 2.62. The van der Waals surface area contributed by atoms with Crippen LogP contribution in [0.1, 0.15) is 13.3 Å². The fraction of sp³-hybridized carbons (Fsp3) is 0.875. The Morgan fingerprint density at radius 2 is 2.25 bits per heavy atom. The van der Waals surface area contributed by atoms with Crippen molar-refractivity contribution in [2.45, 2.75) is 19.4 Å². The molecular formula is C8H17N3O4S. The van der Waals surface area contributed by atoms with E-state index in [-0.39, 0.29) is 12.0 Å². The Labute approximate surface area is 95.1 Å². The van der Waals surface area contributed by atoms with Gasteiger partial charge in [-0.15, -0.1) is 0 Å². The van der Waals surface area contributed by atoms with Crippen molar-refractivity contribution in [1.82, 2.24) is 9.03 Å². The molecule has 94 valence electrons. The predicted octanol–water partition coefficient (Wildman–Crippen LogP) is -0.744. The van der Waals surface area contributed by atoms with Gasteiger partial charge in [-0.1, -0.05) is 0 Å². The summed E-state index contributed by atoms with van der Waals surface area (Å²) in [6.45, 7) is 2.55. The van der Waals surface area contributed by atoms with Gasteiger partial charge in [0.25, 0.3) is 0 Å². The summed E-state index contributed by atoms with van der Waals surface area (Å²) in [5, 5.41) is 0. The molecule has 2 unspecified atom stereocenters. The molecule has 1 aliphatic rings. The maximum atomic E-state index is 11.6. The van der Waals surface area contributed by atoms with Crippen LogP contribution in [0.15, 0.2) is 0 Å². The third kappa shape index (κ3) is 3.06. The molecule has 1 saturated heterocycles. The van der Waals surface area contributed by atoms with Crippen molar-refractivity contribution in [3.05, 3.63) is 0 Å². The van der Waals surface area contributed by atoms with E-state index in [9.17, 15) is 13.2 Å². The van der Waals surface area contributed by atoms with Crippen molar-refractivity contribution in [2.24, 2.45) is 11.7 Å². The summed E-state index contributed by atoms with van der Waals surface area (Å²) in [4.78, 5) is 10.8. The maximum Gasteiger partial charge on any atom is 0.421 e. The van der Waals surface area contributed by atoms with Gasteiger partial charge in [-0.25, -0.2) is 9.52 Å². The molecule has 2 atom stereocenters. The lowest BCUT2D eigenvalue weighted by Crippen LogP contribution is -2.43. The topological polar surface area (TPSA) is 102 Å². The summed E-state index contributed by atoms with van der Waals surface area (Å²) < 4.78 is 30.5. The molecule has 1 amide bonds. The minimum Gasteiger partial charge on any atom is -0.452 e. The first-order valence-electron chi connectivity index (χ1n) is 4.98. The van der Waals surface area contributed by atoms with Gasteiger partial charge in [0.05, 0.1) is 7.11 Å². The van der Waals surface area contributed by atoms with Crippen LogP contribution in [-0.2, 0) is 14.9 Å². The number of carbonyl (C=O) groups excluding carboxylic acids is 1. The van der Waals surface area contributed by atoms with E-state index in [0.29, 0.717) is 19.5 Å². The number of ether oxygens (including phenoxy) is 1. The number of carbonyl (C=O) groups is 1. The third-order valence-corrected chi connectivity index (χ3v) is 4.10. The number of rotatable bonds is 3. The first-order chi connectivity index (χ1) is 7.36. The third-order valence-electron chi connectivity index (χ3n) is 2.67. The van der Waals surface area contributed by atoms with Crippen molar-refractivity contribution in [3.63, 3.8) is 0 Å². The van der Waals surface area contributed by atoms with Crippen LogP contribution >= 0.6 is 0 Å². The molecule has 0 spiro atoms. The highest BCUT2D eigenvalue weighted by Crippen LogP contribution is 2.20. The lowest BCUT2D eigenvalue weighted by Gasteiger charge is -2.17. The molecule has 0 radical (unpaired) electrons. The van der Waals surface area contributed by atoms with E-state index in [0.717, 1.165) is 7.11 Å². The average Bonchev–Trinajstić information content (AvgIpc) is 2.66. The number of nitrogens with two attached hydrogens (primary N) is 1. The zero-order valence-electron chi connectivity index (χ0n) is 9.34. The van der Waals surface area contributed by atoms with Crippen molar-refractivity contribution in [1.29, 1.82) is 0 Å². The Hall–Kier alpha value is -0.860. The summed E-state index contributed by atoms with van der Waals surface area (Å²) in [5.41, 5.74) is 5.70. The van der Waals surface area contributed by atoms with Gasteiger partial charge in [-0.3, -0.25) is 0 Å². The highest BCUT2D eigenvalue weighted by molar-refractivity contribution is 7.87. The summed E-state index contributed by atoms with van der Waals surface area (Å²) in [5.74, 6) is 0.134. The molecule has 8 heteroatoms. The maximum absolute atomic E-state index is 11.6. The molecule has 0 aliphatic carbocycles. The Kier molecular flexibility index (Phi) is 4.11. The van der Waals surface area contributed by atoms with E-state index in [1.54, 1.807) is 4.72 Å². The van der Waals surface area contributed by atoms with Crippen LogP contribution in [0.4, 0.5) is 4.79 Å². The van der Waals surface area contributed by atoms with E-state index in [2.05, 4.69) is 4.74 Å². The summed E-state index contributed by atoms with van der Waals surface area (Å²) in [7, 11) is -2.67. The Morgan fingerprint density at radius 1 is 1.62 bits per heavy atom. The molecule has 0 aromatic carbocycles. The molecule has 0 aromatic rings. The minimum atomic E-state index is -3.78. The number of hydrogen-bond donors (Lipinski definition) is 2. The quantitative estimate of drug-likeness (QED) is 0.687. The zero-order valence-corrected chi connectivity index (χ0v) is 10.2.